The van der Waals surface area contributed by atoms with E-state index in [1.54, 1.807) is 14.2 Å². The van der Waals surface area contributed by atoms with Crippen LogP contribution in [-0.4, -0.2) is 20.8 Å². The third-order valence-corrected chi connectivity index (χ3v) is 2.97. The van der Waals surface area contributed by atoms with E-state index < -0.39 is 0 Å². The van der Waals surface area contributed by atoms with E-state index in [0.29, 0.717) is 36.3 Å². The van der Waals surface area contributed by atoms with Gasteiger partial charge in [0.25, 0.3) is 0 Å². The third-order valence-electron chi connectivity index (χ3n) is 2.97. The number of ether oxygens (including phenoxy) is 3. The minimum absolute atomic E-state index is 0.443. The minimum atomic E-state index is 0.443. The van der Waals surface area contributed by atoms with Gasteiger partial charge in [0.15, 0.2) is 11.5 Å². The molecule has 1 rings (SSSR count). The van der Waals surface area contributed by atoms with Crippen LogP contribution in [0.3, 0.4) is 0 Å². The van der Waals surface area contributed by atoms with E-state index >= 15 is 0 Å². The van der Waals surface area contributed by atoms with Gasteiger partial charge in [-0.1, -0.05) is 20.3 Å². The summed E-state index contributed by atoms with van der Waals surface area (Å²) in [7, 11) is 3.23. The van der Waals surface area contributed by atoms with Gasteiger partial charge in [0.05, 0.1) is 20.8 Å². The highest BCUT2D eigenvalue weighted by Crippen LogP contribution is 2.38. The summed E-state index contributed by atoms with van der Waals surface area (Å²) in [6.07, 6.45) is 1.07. The zero-order valence-corrected chi connectivity index (χ0v) is 11.7. The molecule has 0 saturated heterocycles. The molecule has 0 saturated carbocycles. The van der Waals surface area contributed by atoms with E-state index in [1.165, 1.54) is 0 Å². The van der Waals surface area contributed by atoms with Crippen molar-refractivity contribution in [3.63, 3.8) is 0 Å². The Balaban J connectivity index is 2.99. The quantitative estimate of drug-likeness (QED) is 0.811. The van der Waals surface area contributed by atoms with Crippen LogP contribution in [-0.2, 0) is 6.54 Å². The standard InChI is InChI=1S/C14H23NO3/c1-5-10(2)9-18-14-12(16-3)6-11(8-15)7-13(14)17-4/h6-7,10H,5,8-9,15H2,1-4H3. The normalized spacial score (nSPS) is 12.1. The van der Waals surface area contributed by atoms with Crippen LogP contribution < -0.4 is 19.9 Å². The first-order valence-corrected chi connectivity index (χ1v) is 6.24. The molecule has 1 atom stereocenters. The molecule has 2 N–H and O–H groups in total. The van der Waals surface area contributed by atoms with Crippen LogP contribution in [0.1, 0.15) is 25.8 Å². The monoisotopic (exact) mass is 253 g/mol. The van der Waals surface area contributed by atoms with Crippen LogP contribution in [0, 0.1) is 5.92 Å². The molecule has 0 spiro atoms. The maximum Gasteiger partial charge on any atom is 0.203 e. The SMILES string of the molecule is CCC(C)COc1c(OC)cc(CN)cc1OC. The fraction of sp³-hybridized carbons (Fsp3) is 0.571. The van der Waals surface area contributed by atoms with Gasteiger partial charge in [-0.15, -0.1) is 0 Å². The molecule has 0 heterocycles. The number of hydrogen-bond acceptors (Lipinski definition) is 4. The lowest BCUT2D eigenvalue weighted by Gasteiger charge is -2.17. The molecule has 0 aromatic heterocycles. The Hall–Kier alpha value is -1.42. The van der Waals surface area contributed by atoms with Crippen LogP contribution in [0.2, 0.25) is 0 Å². The first-order chi connectivity index (χ1) is 8.65. The number of rotatable bonds is 7. The average molecular weight is 253 g/mol. The Bertz CT molecular complexity index is 354. The van der Waals surface area contributed by atoms with Crippen molar-refractivity contribution in [3.8, 4) is 17.2 Å². The second-order valence-corrected chi connectivity index (χ2v) is 4.36. The molecule has 0 aliphatic heterocycles. The lowest BCUT2D eigenvalue weighted by atomic mass is 10.1. The van der Waals surface area contributed by atoms with E-state index in [0.717, 1.165) is 12.0 Å². The zero-order chi connectivity index (χ0) is 13.5. The van der Waals surface area contributed by atoms with Gasteiger partial charge in [0.1, 0.15) is 0 Å². The molecule has 1 unspecified atom stereocenters. The predicted molar refractivity (Wildman–Crippen MR) is 72.4 cm³/mol. The van der Waals surface area contributed by atoms with Gasteiger partial charge in [-0.25, -0.2) is 0 Å². The summed E-state index contributed by atoms with van der Waals surface area (Å²) in [5, 5.41) is 0. The van der Waals surface area contributed by atoms with Gasteiger partial charge in [0.2, 0.25) is 5.75 Å². The largest absolute Gasteiger partial charge is 0.493 e. The maximum atomic E-state index is 5.81. The molecular formula is C14H23NO3. The predicted octanol–water partition coefficient (Wildman–Crippen LogP) is 2.59. The maximum absolute atomic E-state index is 5.81. The topological polar surface area (TPSA) is 53.7 Å². The van der Waals surface area contributed by atoms with Gasteiger partial charge in [-0.05, 0) is 23.6 Å². The molecule has 1 aromatic carbocycles. The second-order valence-electron chi connectivity index (χ2n) is 4.36. The van der Waals surface area contributed by atoms with Crippen molar-refractivity contribution in [3.05, 3.63) is 17.7 Å². The van der Waals surface area contributed by atoms with Gasteiger partial charge in [-0.2, -0.15) is 0 Å². The average Bonchev–Trinajstić information content (AvgIpc) is 2.43. The molecule has 0 fully saturated rings. The number of benzene rings is 1. The van der Waals surface area contributed by atoms with Gasteiger partial charge >= 0.3 is 0 Å². The summed E-state index contributed by atoms with van der Waals surface area (Å²) in [5.41, 5.74) is 6.60. The van der Waals surface area contributed by atoms with Crippen LogP contribution in [0.5, 0.6) is 17.2 Å². The molecule has 102 valence electrons. The Morgan fingerprint density at radius 3 is 2.11 bits per heavy atom. The molecule has 0 aliphatic rings. The molecule has 0 bridgehead atoms. The lowest BCUT2D eigenvalue weighted by Crippen LogP contribution is -2.09. The van der Waals surface area contributed by atoms with E-state index in [4.69, 9.17) is 19.9 Å². The lowest BCUT2D eigenvalue weighted by molar-refractivity contribution is 0.232. The summed E-state index contributed by atoms with van der Waals surface area (Å²) in [4.78, 5) is 0. The van der Waals surface area contributed by atoms with E-state index in [1.807, 2.05) is 12.1 Å². The van der Waals surface area contributed by atoms with Crippen LogP contribution in [0.15, 0.2) is 12.1 Å². The first kappa shape index (κ1) is 14.6. The first-order valence-electron chi connectivity index (χ1n) is 6.24. The summed E-state index contributed by atoms with van der Waals surface area (Å²) in [5.74, 6) is 2.47. The highest BCUT2D eigenvalue weighted by molar-refractivity contribution is 5.53. The summed E-state index contributed by atoms with van der Waals surface area (Å²) in [6.45, 7) is 5.37. The number of methoxy groups -OCH3 is 2. The third kappa shape index (κ3) is 3.53. The second kappa shape index (κ2) is 7.11. The molecule has 18 heavy (non-hydrogen) atoms. The molecule has 4 nitrogen and oxygen atoms in total. The Labute approximate surface area is 109 Å². The minimum Gasteiger partial charge on any atom is -0.493 e. The van der Waals surface area contributed by atoms with Crippen molar-refractivity contribution in [2.75, 3.05) is 20.8 Å². The van der Waals surface area contributed by atoms with Crippen molar-refractivity contribution in [1.82, 2.24) is 0 Å². The number of hydrogen-bond donors (Lipinski definition) is 1. The van der Waals surface area contributed by atoms with Crippen molar-refractivity contribution < 1.29 is 14.2 Å². The molecular weight excluding hydrogens is 230 g/mol. The Kier molecular flexibility index (Phi) is 5.78. The molecule has 0 radical (unpaired) electrons. The molecule has 0 amide bonds. The molecule has 4 heteroatoms. The highest BCUT2D eigenvalue weighted by Gasteiger charge is 2.14. The van der Waals surface area contributed by atoms with Gasteiger partial charge in [0, 0.05) is 6.54 Å². The zero-order valence-electron chi connectivity index (χ0n) is 11.7. The van der Waals surface area contributed by atoms with Crippen molar-refractivity contribution >= 4 is 0 Å². The van der Waals surface area contributed by atoms with Crippen molar-refractivity contribution in [2.45, 2.75) is 26.8 Å². The highest BCUT2D eigenvalue weighted by atomic mass is 16.5. The number of nitrogens with two attached hydrogens (primary N) is 1. The molecule has 0 aliphatic carbocycles. The summed E-state index contributed by atoms with van der Waals surface area (Å²) < 4.78 is 16.5. The van der Waals surface area contributed by atoms with Crippen LogP contribution in [0.25, 0.3) is 0 Å². The fourth-order valence-electron chi connectivity index (χ4n) is 1.54. The van der Waals surface area contributed by atoms with Crippen LogP contribution in [0.4, 0.5) is 0 Å². The van der Waals surface area contributed by atoms with Crippen LogP contribution >= 0.6 is 0 Å². The van der Waals surface area contributed by atoms with Crippen molar-refractivity contribution in [1.29, 1.82) is 0 Å². The summed E-state index contributed by atoms with van der Waals surface area (Å²) >= 11 is 0. The van der Waals surface area contributed by atoms with Crippen molar-refractivity contribution in [2.24, 2.45) is 11.7 Å². The van der Waals surface area contributed by atoms with Gasteiger partial charge in [-0.3, -0.25) is 0 Å². The van der Waals surface area contributed by atoms with E-state index in [2.05, 4.69) is 13.8 Å². The Morgan fingerprint density at radius 2 is 1.72 bits per heavy atom. The fourth-order valence-corrected chi connectivity index (χ4v) is 1.54. The summed E-state index contributed by atoms with van der Waals surface area (Å²) in [6, 6.07) is 3.77. The van der Waals surface area contributed by atoms with Gasteiger partial charge < -0.3 is 19.9 Å². The molecule has 1 aromatic rings. The Morgan fingerprint density at radius 1 is 1.17 bits per heavy atom. The van der Waals surface area contributed by atoms with E-state index in [9.17, 15) is 0 Å². The smallest absolute Gasteiger partial charge is 0.203 e. The van der Waals surface area contributed by atoms with E-state index in [-0.39, 0.29) is 0 Å².